The number of rotatable bonds is 3. The Kier molecular flexibility index (Phi) is 3.93. The van der Waals surface area contributed by atoms with Crippen molar-refractivity contribution in [1.29, 1.82) is 0 Å². The lowest BCUT2D eigenvalue weighted by molar-refractivity contribution is 0.748. The van der Waals surface area contributed by atoms with Crippen molar-refractivity contribution >= 4 is 23.4 Å². The first-order chi connectivity index (χ1) is 8.56. The molecule has 0 atom stereocenters. The summed E-state index contributed by atoms with van der Waals surface area (Å²) in [6.45, 7) is 0. The Hall–Kier alpha value is -1.46. The molecule has 0 bridgehead atoms. The molecule has 0 saturated carbocycles. The topological polar surface area (TPSA) is 54.9 Å². The van der Waals surface area contributed by atoms with Crippen LogP contribution in [0.25, 0.3) is 0 Å². The van der Waals surface area contributed by atoms with Crippen molar-refractivity contribution in [2.45, 2.75) is 10.8 Å². The third-order valence-electron chi connectivity index (χ3n) is 2.43. The third kappa shape index (κ3) is 3.05. The van der Waals surface area contributed by atoms with Gasteiger partial charge < -0.3 is 4.98 Å². The van der Waals surface area contributed by atoms with Gasteiger partial charge in [-0.25, -0.2) is 4.79 Å². The maximum Gasteiger partial charge on any atom is 0.328 e. The Bertz CT molecular complexity index is 630. The predicted molar refractivity (Wildman–Crippen MR) is 73.3 cm³/mol. The van der Waals surface area contributed by atoms with E-state index in [2.05, 4.69) is 4.98 Å². The van der Waals surface area contributed by atoms with E-state index in [4.69, 9.17) is 11.6 Å². The van der Waals surface area contributed by atoms with E-state index in [1.165, 1.54) is 24.9 Å². The Morgan fingerprint density at radius 3 is 2.56 bits per heavy atom. The molecule has 0 radical (unpaired) electrons. The molecule has 4 nitrogen and oxygen atoms in total. The number of aromatic nitrogens is 2. The summed E-state index contributed by atoms with van der Waals surface area (Å²) in [5.74, 6) is 0.667. The average molecular weight is 283 g/mol. The van der Waals surface area contributed by atoms with E-state index in [1.807, 2.05) is 24.3 Å². The van der Waals surface area contributed by atoms with Gasteiger partial charge in [-0.1, -0.05) is 23.7 Å². The summed E-state index contributed by atoms with van der Waals surface area (Å²) in [6.07, 6.45) is 0. The van der Waals surface area contributed by atoms with E-state index < -0.39 is 5.69 Å². The van der Waals surface area contributed by atoms with E-state index in [1.54, 1.807) is 0 Å². The first-order valence-corrected chi connectivity index (χ1v) is 6.60. The highest BCUT2D eigenvalue weighted by atomic mass is 35.5. The fourth-order valence-electron chi connectivity index (χ4n) is 1.35. The van der Waals surface area contributed by atoms with Gasteiger partial charge in [0, 0.05) is 23.9 Å². The Balaban J connectivity index is 2.13. The van der Waals surface area contributed by atoms with Crippen LogP contribution in [0.15, 0.2) is 44.9 Å². The molecular weight excluding hydrogens is 272 g/mol. The third-order valence-corrected chi connectivity index (χ3v) is 3.69. The highest BCUT2D eigenvalue weighted by Crippen LogP contribution is 2.19. The van der Waals surface area contributed by atoms with Gasteiger partial charge in [-0.3, -0.25) is 9.36 Å². The number of aromatic amines is 1. The van der Waals surface area contributed by atoms with Crippen LogP contribution in [0.4, 0.5) is 0 Å². The molecule has 1 aromatic carbocycles. The maximum atomic E-state index is 11.4. The van der Waals surface area contributed by atoms with Gasteiger partial charge in [0.05, 0.1) is 5.03 Å². The number of H-pyrrole nitrogens is 1. The van der Waals surface area contributed by atoms with Crippen molar-refractivity contribution in [1.82, 2.24) is 9.55 Å². The van der Waals surface area contributed by atoms with Crippen LogP contribution in [0, 0.1) is 0 Å². The van der Waals surface area contributed by atoms with Crippen LogP contribution in [0.2, 0.25) is 5.02 Å². The van der Waals surface area contributed by atoms with Crippen LogP contribution in [0.5, 0.6) is 0 Å². The van der Waals surface area contributed by atoms with Crippen LogP contribution in [-0.2, 0) is 12.8 Å². The van der Waals surface area contributed by atoms with Crippen molar-refractivity contribution in [2.75, 3.05) is 0 Å². The number of hydrogen-bond acceptors (Lipinski definition) is 3. The van der Waals surface area contributed by atoms with Crippen molar-refractivity contribution in [2.24, 2.45) is 7.05 Å². The second-order valence-electron chi connectivity index (χ2n) is 3.75. The van der Waals surface area contributed by atoms with Crippen LogP contribution in [-0.4, -0.2) is 9.55 Å². The molecule has 0 aliphatic heterocycles. The normalized spacial score (nSPS) is 10.6. The molecule has 2 rings (SSSR count). The van der Waals surface area contributed by atoms with Crippen LogP contribution < -0.4 is 11.2 Å². The van der Waals surface area contributed by atoms with E-state index in [9.17, 15) is 9.59 Å². The largest absolute Gasteiger partial charge is 0.328 e. The fraction of sp³-hybridized carbons (Fsp3) is 0.167. The zero-order valence-electron chi connectivity index (χ0n) is 9.64. The Morgan fingerprint density at radius 1 is 1.28 bits per heavy atom. The highest BCUT2D eigenvalue weighted by Gasteiger charge is 2.02. The summed E-state index contributed by atoms with van der Waals surface area (Å²) >= 11 is 7.19. The van der Waals surface area contributed by atoms with Gasteiger partial charge in [0.15, 0.2) is 0 Å². The molecule has 0 saturated heterocycles. The Labute approximate surface area is 113 Å². The van der Waals surface area contributed by atoms with Crippen molar-refractivity contribution in [3.8, 4) is 0 Å². The number of thioether (sulfide) groups is 1. The van der Waals surface area contributed by atoms with E-state index >= 15 is 0 Å². The monoisotopic (exact) mass is 282 g/mol. The molecule has 2 aromatic rings. The number of hydrogen-bond donors (Lipinski definition) is 1. The second-order valence-corrected chi connectivity index (χ2v) is 5.20. The Morgan fingerprint density at radius 2 is 1.94 bits per heavy atom. The van der Waals surface area contributed by atoms with Crippen LogP contribution in [0.3, 0.4) is 0 Å². The van der Waals surface area contributed by atoms with Gasteiger partial charge in [0.1, 0.15) is 0 Å². The quantitative estimate of drug-likeness (QED) is 0.692. The molecule has 0 spiro atoms. The number of halogens is 1. The summed E-state index contributed by atoms with van der Waals surface area (Å²) in [7, 11) is 1.44. The zero-order chi connectivity index (χ0) is 13.1. The summed E-state index contributed by atoms with van der Waals surface area (Å²) in [6, 6.07) is 8.86. The molecule has 0 unspecified atom stereocenters. The SMILES string of the molecule is Cn1c(=O)cc(SCc2ccc(Cl)cc2)[nH]c1=O. The van der Waals surface area contributed by atoms with Gasteiger partial charge in [0.2, 0.25) is 0 Å². The van der Waals surface area contributed by atoms with Crippen molar-refractivity contribution in [3.63, 3.8) is 0 Å². The maximum absolute atomic E-state index is 11.4. The molecular formula is C12H11ClN2O2S. The summed E-state index contributed by atoms with van der Waals surface area (Å²) in [4.78, 5) is 25.5. The standard InChI is InChI=1S/C12H11ClN2O2S/c1-15-11(16)6-10(14-12(15)17)18-7-8-2-4-9(13)5-3-8/h2-6H,7H2,1H3,(H,14,17). The molecule has 0 amide bonds. The van der Waals surface area contributed by atoms with Gasteiger partial charge in [-0.2, -0.15) is 0 Å². The van der Waals surface area contributed by atoms with E-state index in [0.717, 1.165) is 10.1 Å². The summed E-state index contributed by atoms with van der Waals surface area (Å²) in [5, 5.41) is 1.25. The molecule has 0 aliphatic carbocycles. The molecule has 6 heteroatoms. The minimum atomic E-state index is -0.402. The van der Waals surface area contributed by atoms with E-state index in [-0.39, 0.29) is 5.56 Å². The minimum Gasteiger partial charge on any atom is -0.302 e. The molecule has 0 aliphatic rings. The zero-order valence-corrected chi connectivity index (χ0v) is 11.2. The molecule has 1 aromatic heterocycles. The second kappa shape index (κ2) is 5.46. The minimum absolute atomic E-state index is 0.308. The number of benzene rings is 1. The lowest BCUT2D eigenvalue weighted by Gasteiger charge is -2.03. The molecule has 1 heterocycles. The molecule has 1 N–H and O–H groups in total. The van der Waals surface area contributed by atoms with Crippen LogP contribution >= 0.6 is 23.4 Å². The first kappa shape index (κ1) is 13.0. The molecule has 18 heavy (non-hydrogen) atoms. The van der Waals surface area contributed by atoms with Gasteiger partial charge >= 0.3 is 5.69 Å². The predicted octanol–water partition coefficient (Wildman–Crippen LogP) is 2.02. The van der Waals surface area contributed by atoms with E-state index in [0.29, 0.717) is 15.8 Å². The number of nitrogens with zero attached hydrogens (tertiary/aromatic N) is 1. The smallest absolute Gasteiger partial charge is 0.302 e. The van der Waals surface area contributed by atoms with Crippen molar-refractivity contribution < 1.29 is 0 Å². The van der Waals surface area contributed by atoms with Crippen LogP contribution in [0.1, 0.15) is 5.56 Å². The molecule has 94 valence electrons. The summed E-state index contributed by atoms with van der Waals surface area (Å²) < 4.78 is 1.03. The number of nitrogens with one attached hydrogen (secondary N) is 1. The summed E-state index contributed by atoms with van der Waals surface area (Å²) in [5.41, 5.74) is 0.365. The highest BCUT2D eigenvalue weighted by molar-refractivity contribution is 7.98. The fourth-order valence-corrected chi connectivity index (χ4v) is 2.34. The molecule has 0 fully saturated rings. The van der Waals surface area contributed by atoms with Gasteiger partial charge in [0.25, 0.3) is 5.56 Å². The van der Waals surface area contributed by atoms with Gasteiger partial charge in [-0.05, 0) is 17.7 Å². The lowest BCUT2D eigenvalue weighted by atomic mass is 10.2. The van der Waals surface area contributed by atoms with Gasteiger partial charge in [-0.15, -0.1) is 11.8 Å². The lowest BCUT2D eigenvalue weighted by Crippen LogP contribution is -2.32. The average Bonchev–Trinajstić information content (AvgIpc) is 2.35. The first-order valence-electron chi connectivity index (χ1n) is 5.24. The van der Waals surface area contributed by atoms with Crippen molar-refractivity contribution in [3.05, 3.63) is 61.8 Å².